The molecule has 18 heavy (non-hydrogen) atoms. The van der Waals surface area contributed by atoms with Gasteiger partial charge in [-0.15, -0.1) is 0 Å². The number of allylic oxidation sites excluding steroid dienone is 2. The minimum Gasteiger partial charge on any atom is -0.0713 e. The smallest absolute Gasteiger partial charge is 0.0234 e. The molecule has 0 amide bonds. The van der Waals surface area contributed by atoms with Gasteiger partial charge in [-0.1, -0.05) is 79.4 Å². The fraction of sp³-hybridized carbons (Fsp3) is 0.889. The Morgan fingerprint density at radius 3 is 1.72 bits per heavy atom. The highest BCUT2D eigenvalue weighted by Gasteiger charge is 2.06. The molecular formula is C18H40. The van der Waals surface area contributed by atoms with Gasteiger partial charge in [0, 0.05) is 0 Å². The van der Waals surface area contributed by atoms with Crippen molar-refractivity contribution in [1.29, 1.82) is 0 Å². The van der Waals surface area contributed by atoms with Gasteiger partial charge in [0.2, 0.25) is 0 Å². The molecule has 0 nitrogen and oxygen atoms in total. The third kappa shape index (κ3) is 12.2. The first kappa shape index (κ1) is 22.9. The summed E-state index contributed by atoms with van der Waals surface area (Å²) in [4.78, 5) is 0. The summed E-state index contributed by atoms with van der Waals surface area (Å²) in [7, 11) is 0. The molecule has 112 valence electrons. The Kier molecular flexibility index (Phi) is 24.3. The number of unbranched alkanes of at least 4 members (excludes halogenated alkanes) is 2. The van der Waals surface area contributed by atoms with Crippen LogP contribution in [-0.4, -0.2) is 0 Å². The zero-order valence-electron chi connectivity index (χ0n) is 14.8. The Labute approximate surface area is 118 Å². The molecule has 0 fully saturated rings. The molecule has 0 aromatic heterocycles. The van der Waals surface area contributed by atoms with Gasteiger partial charge < -0.3 is 0 Å². The van der Waals surface area contributed by atoms with Gasteiger partial charge in [-0.3, -0.25) is 0 Å². The van der Waals surface area contributed by atoms with E-state index < -0.39 is 0 Å². The molecule has 0 saturated heterocycles. The van der Waals surface area contributed by atoms with Crippen molar-refractivity contribution < 1.29 is 0 Å². The van der Waals surface area contributed by atoms with E-state index in [9.17, 15) is 0 Å². The Bertz CT molecular complexity index is 165. The number of hydrogen-bond donors (Lipinski definition) is 0. The summed E-state index contributed by atoms with van der Waals surface area (Å²) in [6.07, 6.45) is 7.97. The molecule has 0 aliphatic carbocycles. The van der Waals surface area contributed by atoms with Gasteiger partial charge in [0.25, 0.3) is 0 Å². The van der Waals surface area contributed by atoms with E-state index in [1.54, 1.807) is 11.1 Å². The molecule has 0 saturated carbocycles. The first-order valence-corrected chi connectivity index (χ1v) is 8.35. The van der Waals surface area contributed by atoms with Crippen molar-refractivity contribution in [2.45, 2.75) is 101 Å². The van der Waals surface area contributed by atoms with Gasteiger partial charge in [0.1, 0.15) is 0 Å². The molecule has 0 N–H and O–H groups in total. The highest BCUT2D eigenvalue weighted by molar-refractivity contribution is 5.14. The van der Waals surface area contributed by atoms with Crippen molar-refractivity contribution in [3.63, 3.8) is 0 Å². The van der Waals surface area contributed by atoms with Crippen LogP contribution in [0.15, 0.2) is 11.1 Å². The van der Waals surface area contributed by atoms with Crippen molar-refractivity contribution in [3.05, 3.63) is 11.1 Å². The van der Waals surface area contributed by atoms with E-state index in [0.717, 1.165) is 5.92 Å². The second-order valence-electron chi connectivity index (χ2n) is 4.41. The van der Waals surface area contributed by atoms with E-state index in [-0.39, 0.29) is 0 Å². The first-order chi connectivity index (χ1) is 8.67. The molecule has 0 heterocycles. The third-order valence-corrected chi connectivity index (χ3v) is 3.42. The fourth-order valence-corrected chi connectivity index (χ4v) is 1.90. The van der Waals surface area contributed by atoms with E-state index >= 15 is 0 Å². The molecule has 0 spiro atoms. The Morgan fingerprint density at radius 1 is 0.889 bits per heavy atom. The molecular weight excluding hydrogens is 216 g/mol. The SMILES string of the molecule is CC.CC.CCCCCC(CC)=C(C)C(C)CC. The van der Waals surface area contributed by atoms with Crippen LogP contribution in [0.25, 0.3) is 0 Å². The standard InChI is InChI=1S/C14H28.2C2H6/c1-6-9-10-11-14(8-3)13(5)12(4)7-2;2*1-2/h12H,6-11H2,1-5H3;2*1-2H3. The summed E-state index contributed by atoms with van der Waals surface area (Å²) >= 11 is 0. The molecule has 0 bridgehead atoms. The maximum Gasteiger partial charge on any atom is -0.0234 e. The molecule has 1 unspecified atom stereocenters. The van der Waals surface area contributed by atoms with Crippen LogP contribution in [0.1, 0.15) is 101 Å². The average Bonchev–Trinajstić information content (AvgIpc) is 2.46. The van der Waals surface area contributed by atoms with E-state index in [0.29, 0.717) is 0 Å². The minimum absolute atomic E-state index is 0.784. The number of rotatable bonds is 7. The summed E-state index contributed by atoms with van der Waals surface area (Å²) in [5.41, 5.74) is 3.37. The molecule has 0 aromatic carbocycles. The lowest BCUT2D eigenvalue weighted by molar-refractivity contribution is 0.624. The Morgan fingerprint density at radius 2 is 1.39 bits per heavy atom. The Hall–Kier alpha value is -0.260. The maximum atomic E-state index is 2.35. The lowest BCUT2D eigenvalue weighted by Crippen LogP contribution is -1.99. The average molecular weight is 257 g/mol. The van der Waals surface area contributed by atoms with Gasteiger partial charge in [-0.25, -0.2) is 0 Å². The molecule has 0 aliphatic heterocycles. The quantitative estimate of drug-likeness (QED) is 0.329. The van der Waals surface area contributed by atoms with E-state index in [4.69, 9.17) is 0 Å². The predicted molar refractivity (Wildman–Crippen MR) is 89.3 cm³/mol. The highest BCUT2D eigenvalue weighted by atomic mass is 14.1. The lowest BCUT2D eigenvalue weighted by atomic mass is 9.91. The van der Waals surface area contributed by atoms with Crippen LogP contribution in [0.3, 0.4) is 0 Å². The van der Waals surface area contributed by atoms with Crippen molar-refractivity contribution in [2.75, 3.05) is 0 Å². The van der Waals surface area contributed by atoms with E-state index in [2.05, 4.69) is 34.6 Å². The van der Waals surface area contributed by atoms with Gasteiger partial charge >= 0.3 is 0 Å². The zero-order chi connectivity index (χ0) is 15.0. The normalized spacial score (nSPS) is 12.5. The zero-order valence-corrected chi connectivity index (χ0v) is 14.8. The summed E-state index contributed by atoms with van der Waals surface area (Å²) in [5, 5.41) is 0. The van der Waals surface area contributed by atoms with E-state index in [1.165, 1.54) is 38.5 Å². The van der Waals surface area contributed by atoms with Crippen molar-refractivity contribution >= 4 is 0 Å². The van der Waals surface area contributed by atoms with Gasteiger partial charge in [-0.05, 0) is 38.5 Å². The Balaban J connectivity index is -0.000000506. The minimum atomic E-state index is 0.784. The van der Waals surface area contributed by atoms with Crippen LogP contribution in [0.5, 0.6) is 0 Å². The molecule has 0 aliphatic rings. The van der Waals surface area contributed by atoms with Crippen LogP contribution < -0.4 is 0 Å². The van der Waals surface area contributed by atoms with Crippen molar-refractivity contribution in [3.8, 4) is 0 Å². The van der Waals surface area contributed by atoms with Crippen LogP contribution in [0.2, 0.25) is 0 Å². The maximum absolute atomic E-state index is 2.35. The van der Waals surface area contributed by atoms with Crippen molar-refractivity contribution in [1.82, 2.24) is 0 Å². The monoisotopic (exact) mass is 256 g/mol. The van der Waals surface area contributed by atoms with Crippen LogP contribution in [0, 0.1) is 5.92 Å². The summed E-state index contributed by atoms with van der Waals surface area (Å²) < 4.78 is 0. The van der Waals surface area contributed by atoms with Crippen LogP contribution in [0.4, 0.5) is 0 Å². The van der Waals surface area contributed by atoms with Crippen LogP contribution in [-0.2, 0) is 0 Å². The summed E-state index contributed by atoms with van der Waals surface area (Å²) in [6, 6.07) is 0. The van der Waals surface area contributed by atoms with Gasteiger partial charge in [0.15, 0.2) is 0 Å². The first-order valence-electron chi connectivity index (χ1n) is 8.35. The van der Waals surface area contributed by atoms with Gasteiger partial charge in [0.05, 0.1) is 0 Å². The summed E-state index contributed by atoms with van der Waals surface area (Å²) in [5.74, 6) is 0.784. The predicted octanol–water partition coefficient (Wildman–Crippen LogP) is 7.39. The molecule has 0 rings (SSSR count). The summed E-state index contributed by atoms with van der Waals surface area (Å²) in [6.45, 7) is 19.5. The third-order valence-electron chi connectivity index (χ3n) is 3.42. The topological polar surface area (TPSA) is 0 Å². The van der Waals surface area contributed by atoms with Gasteiger partial charge in [-0.2, -0.15) is 0 Å². The molecule has 0 radical (unpaired) electrons. The second-order valence-corrected chi connectivity index (χ2v) is 4.41. The van der Waals surface area contributed by atoms with Crippen molar-refractivity contribution in [2.24, 2.45) is 5.92 Å². The lowest BCUT2D eigenvalue weighted by Gasteiger charge is -2.15. The largest absolute Gasteiger partial charge is 0.0713 e. The highest BCUT2D eigenvalue weighted by Crippen LogP contribution is 2.23. The molecule has 0 aromatic rings. The number of hydrogen-bond acceptors (Lipinski definition) is 0. The molecule has 0 heteroatoms. The fourth-order valence-electron chi connectivity index (χ4n) is 1.90. The molecule has 1 atom stereocenters. The second kappa shape index (κ2) is 19.1. The van der Waals surface area contributed by atoms with E-state index in [1.807, 2.05) is 27.7 Å². The van der Waals surface area contributed by atoms with Crippen LogP contribution >= 0.6 is 0 Å².